The molecule has 1 amide bonds. The van der Waals surface area contributed by atoms with Crippen molar-refractivity contribution >= 4 is 5.91 Å². The summed E-state index contributed by atoms with van der Waals surface area (Å²) in [6.07, 6.45) is 6.63. The molecule has 0 saturated carbocycles. The van der Waals surface area contributed by atoms with Gasteiger partial charge in [-0.05, 0) is 25.7 Å². The fourth-order valence-corrected chi connectivity index (χ4v) is 0.970. The molecule has 0 aliphatic carbocycles. The third kappa shape index (κ3) is 9.12. The van der Waals surface area contributed by atoms with Crippen LogP contribution in [0.3, 0.4) is 0 Å². The minimum absolute atomic E-state index is 0.179. The molecule has 0 bridgehead atoms. The maximum absolute atomic E-state index is 11.2. The third-order valence-corrected chi connectivity index (χ3v) is 1.82. The average molecular weight is 183 g/mol. The van der Waals surface area contributed by atoms with Crippen LogP contribution in [0.4, 0.5) is 0 Å². The van der Waals surface area contributed by atoms with Gasteiger partial charge >= 0.3 is 0 Å². The Morgan fingerprint density at radius 2 is 2.15 bits per heavy atom. The predicted molar refractivity (Wildman–Crippen MR) is 56.5 cm³/mol. The van der Waals surface area contributed by atoms with Crippen LogP contribution in [0.2, 0.25) is 0 Å². The maximum Gasteiger partial charge on any atom is 0.220 e. The first kappa shape index (κ1) is 12.2. The molecule has 0 spiro atoms. The van der Waals surface area contributed by atoms with E-state index in [1.807, 2.05) is 13.0 Å². The summed E-state index contributed by atoms with van der Waals surface area (Å²) >= 11 is 0. The van der Waals surface area contributed by atoms with Crippen LogP contribution in [-0.4, -0.2) is 12.5 Å². The minimum Gasteiger partial charge on any atom is -0.356 e. The van der Waals surface area contributed by atoms with E-state index < -0.39 is 0 Å². The van der Waals surface area contributed by atoms with Crippen LogP contribution >= 0.6 is 0 Å². The molecule has 2 nitrogen and oxygen atoms in total. The van der Waals surface area contributed by atoms with Crippen molar-refractivity contribution in [1.82, 2.24) is 5.32 Å². The molecular weight excluding hydrogens is 162 g/mol. The summed E-state index contributed by atoms with van der Waals surface area (Å²) in [5, 5.41) is 2.88. The van der Waals surface area contributed by atoms with E-state index in [0.29, 0.717) is 12.3 Å². The van der Waals surface area contributed by atoms with Gasteiger partial charge in [0.1, 0.15) is 0 Å². The number of carbonyl (C=O) groups is 1. The SMILES string of the molecule is C/C=C/CCNC(=O)CCC(C)C. The van der Waals surface area contributed by atoms with Gasteiger partial charge in [-0.2, -0.15) is 0 Å². The summed E-state index contributed by atoms with van der Waals surface area (Å²) < 4.78 is 0. The molecule has 0 aromatic rings. The lowest BCUT2D eigenvalue weighted by Crippen LogP contribution is -2.24. The van der Waals surface area contributed by atoms with Crippen molar-refractivity contribution in [2.45, 2.75) is 40.0 Å². The van der Waals surface area contributed by atoms with Gasteiger partial charge in [0.25, 0.3) is 0 Å². The molecule has 0 aliphatic rings. The van der Waals surface area contributed by atoms with Gasteiger partial charge in [-0.15, -0.1) is 0 Å². The Morgan fingerprint density at radius 3 is 2.69 bits per heavy atom. The van der Waals surface area contributed by atoms with Gasteiger partial charge in [-0.1, -0.05) is 26.0 Å². The van der Waals surface area contributed by atoms with Crippen LogP contribution in [0.5, 0.6) is 0 Å². The lowest BCUT2D eigenvalue weighted by atomic mass is 10.1. The van der Waals surface area contributed by atoms with E-state index in [4.69, 9.17) is 0 Å². The number of rotatable bonds is 6. The molecule has 76 valence electrons. The van der Waals surface area contributed by atoms with Gasteiger partial charge < -0.3 is 5.32 Å². The lowest BCUT2D eigenvalue weighted by molar-refractivity contribution is -0.121. The number of amides is 1. The molecule has 0 aliphatic heterocycles. The number of hydrogen-bond donors (Lipinski definition) is 1. The standard InChI is InChI=1S/C11H21NO/c1-4-5-6-9-12-11(13)8-7-10(2)3/h4-5,10H,6-9H2,1-3H3,(H,12,13)/b5-4+. The molecule has 0 rings (SSSR count). The fourth-order valence-electron chi connectivity index (χ4n) is 0.970. The summed E-state index contributed by atoms with van der Waals surface area (Å²) in [7, 11) is 0. The first-order valence-corrected chi connectivity index (χ1v) is 5.04. The first-order chi connectivity index (χ1) is 6.16. The molecule has 0 fully saturated rings. The monoisotopic (exact) mass is 183 g/mol. The Balaban J connectivity index is 3.30. The number of carbonyl (C=O) groups excluding carboxylic acids is 1. The van der Waals surface area contributed by atoms with Crippen LogP contribution in [-0.2, 0) is 4.79 Å². The molecule has 0 aromatic carbocycles. The van der Waals surface area contributed by atoms with Gasteiger partial charge in [0.2, 0.25) is 5.91 Å². The second kappa shape index (κ2) is 7.84. The number of allylic oxidation sites excluding steroid dienone is 1. The highest BCUT2D eigenvalue weighted by molar-refractivity contribution is 5.75. The molecule has 0 atom stereocenters. The molecule has 0 heterocycles. The van der Waals surface area contributed by atoms with Crippen molar-refractivity contribution in [3.63, 3.8) is 0 Å². The van der Waals surface area contributed by atoms with E-state index in [1.54, 1.807) is 0 Å². The quantitative estimate of drug-likeness (QED) is 0.497. The van der Waals surface area contributed by atoms with E-state index >= 15 is 0 Å². The fraction of sp³-hybridized carbons (Fsp3) is 0.727. The lowest BCUT2D eigenvalue weighted by Gasteiger charge is -2.05. The summed E-state index contributed by atoms with van der Waals surface area (Å²) in [4.78, 5) is 11.2. The molecule has 0 unspecified atom stereocenters. The Hall–Kier alpha value is -0.790. The maximum atomic E-state index is 11.2. The summed E-state index contributed by atoms with van der Waals surface area (Å²) in [6.45, 7) is 7.02. The van der Waals surface area contributed by atoms with Crippen LogP contribution in [0.15, 0.2) is 12.2 Å². The normalized spacial score (nSPS) is 11.1. The number of hydrogen-bond acceptors (Lipinski definition) is 1. The van der Waals surface area contributed by atoms with Crippen molar-refractivity contribution in [3.05, 3.63) is 12.2 Å². The Bertz CT molecular complexity index is 161. The van der Waals surface area contributed by atoms with Crippen LogP contribution in [0.25, 0.3) is 0 Å². The van der Waals surface area contributed by atoms with Gasteiger partial charge in [-0.3, -0.25) is 4.79 Å². The smallest absolute Gasteiger partial charge is 0.220 e. The highest BCUT2D eigenvalue weighted by atomic mass is 16.1. The molecule has 0 saturated heterocycles. The summed E-state index contributed by atoms with van der Waals surface area (Å²) in [5.41, 5.74) is 0. The minimum atomic E-state index is 0.179. The zero-order valence-electron chi connectivity index (χ0n) is 8.97. The topological polar surface area (TPSA) is 29.1 Å². The molecule has 13 heavy (non-hydrogen) atoms. The largest absolute Gasteiger partial charge is 0.356 e. The third-order valence-electron chi connectivity index (χ3n) is 1.82. The molecule has 0 aromatic heterocycles. The van der Waals surface area contributed by atoms with Crippen LogP contribution in [0.1, 0.15) is 40.0 Å². The summed E-state index contributed by atoms with van der Waals surface area (Å²) in [6, 6.07) is 0. The zero-order valence-corrected chi connectivity index (χ0v) is 8.97. The summed E-state index contributed by atoms with van der Waals surface area (Å²) in [5.74, 6) is 0.791. The van der Waals surface area contributed by atoms with Crippen molar-refractivity contribution < 1.29 is 4.79 Å². The van der Waals surface area contributed by atoms with E-state index in [2.05, 4.69) is 25.2 Å². The average Bonchev–Trinajstić information content (AvgIpc) is 2.09. The first-order valence-electron chi connectivity index (χ1n) is 5.04. The van der Waals surface area contributed by atoms with E-state index in [0.717, 1.165) is 19.4 Å². The van der Waals surface area contributed by atoms with Gasteiger partial charge in [0, 0.05) is 13.0 Å². The zero-order chi connectivity index (χ0) is 10.1. The van der Waals surface area contributed by atoms with Crippen LogP contribution in [0, 0.1) is 5.92 Å². The highest BCUT2D eigenvalue weighted by Gasteiger charge is 2.01. The second-order valence-corrected chi connectivity index (χ2v) is 3.64. The molecule has 1 N–H and O–H groups in total. The number of nitrogens with one attached hydrogen (secondary N) is 1. The van der Waals surface area contributed by atoms with Gasteiger partial charge in [-0.25, -0.2) is 0 Å². The van der Waals surface area contributed by atoms with Crippen LogP contribution < -0.4 is 5.32 Å². The highest BCUT2D eigenvalue weighted by Crippen LogP contribution is 2.02. The van der Waals surface area contributed by atoms with E-state index in [1.165, 1.54) is 0 Å². The van der Waals surface area contributed by atoms with Crippen molar-refractivity contribution in [2.75, 3.05) is 6.54 Å². The molecule has 0 radical (unpaired) electrons. The predicted octanol–water partition coefficient (Wildman–Crippen LogP) is 2.51. The Kier molecular flexibility index (Phi) is 7.36. The molecular formula is C11H21NO. The van der Waals surface area contributed by atoms with E-state index in [9.17, 15) is 4.79 Å². The van der Waals surface area contributed by atoms with Gasteiger partial charge in [0.15, 0.2) is 0 Å². The van der Waals surface area contributed by atoms with E-state index in [-0.39, 0.29) is 5.91 Å². The van der Waals surface area contributed by atoms with Gasteiger partial charge in [0.05, 0.1) is 0 Å². The Labute approximate surface area is 81.4 Å². The van der Waals surface area contributed by atoms with Crippen molar-refractivity contribution in [3.8, 4) is 0 Å². The Morgan fingerprint density at radius 1 is 1.46 bits per heavy atom. The van der Waals surface area contributed by atoms with Crippen molar-refractivity contribution in [2.24, 2.45) is 5.92 Å². The van der Waals surface area contributed by atoms with Crippen molar-refractivity contribution in [1.29, 1.82) is 0 Å². The second-order valence-electron chi connectivity index (χ2n) is 3.64. The molecule has 2 heteroatoms.